The Balaban J connectivity index is 1.93. The van der Waals surface area contributed by atoms with Crippen molar-refractivity contribution in [1.29, 1.82) is 0 Å². The van der Waals surface area contributed by atoms with Crippen molar-refractivity contribution < 1.29 is 0 Å². The van der Waals surface area contributed by atoms with Crippen LogP contribution in [0.2, 0.25) is 0 Å². The number of hydrazine groups is 1. The van der Waals surface area contributed by atoms with Crippen LogP contribution in [0.1, 0.15) is 38.7 Å². The average Bonchev–Trinajstić information content (AvgIpc) is 2.34. The van der Waals surface area contributed by atoms with Gasteiger partial charge in [0.25, 0.3) is 0 Å². The van der Waals surface area contributed by atoms with Gasteiger partial charge in [-0.05, 0) is 63.5 Å². The van der Waals surface area contributed by atoms with Crippen LogP contribution in [0, 0.1) is 6.92 Å². The highest BCUT2D eigenvalue weighted by Gasteiger charge is 2.25. The maximum Gasteiger partial charge on any atom is 0.185 e. The number of anilines is 1. The Bertz CT molecular complexity index is 437. The normalized spacial score (nSPS) is 23.9. The number of nitrogens with zero attached hydrogens (tertiary/aromatic N) is 1. The van der Waals surface area contributed by atoms with Gasteiger partial charge in [-0.15, -0.1) is 0 Å². The fourth-order valence-electron chi connectivity index (χ4n) is 2.64. The van der Waals surface area contributed by atoms with Gasteiger partial charge >= 0.3 is 0 Å². The second kappa shape index (κ2) is 6.35. The monoisotopic (exact) mass is 277 g/mol. The Hall–Kier alpha value is -1.13. The van der Waals surface area contributed by atoms with Gasteiger partial charge in [0.1, 0.15) is 0 Å². The van der Waals surface area contributed by atoms with E-state index in [1.165, 1.54) is 24.8 Å². The second-order valence-corrected chi connectivity index (χ2v) is 5.88. The quantitative estimate of drug-likeness (QED) is 0.810. The summed E-state index contributed by atoms with van der Waals surface area (Å²) in [5.41, 5.74) is 5.61. The van der Waals surface area contributed by atoms with Crippen molar-refractivity contribution >= 4 is 23.0 Å². The van der Waals surface area contributed by atoms with Gasteiger partial charge in [0.2, 0.25) is 0 Å². The summed E-state index contributed by atoms with van der Waals surface area (Å²) in [6.45, 7) is 6.58. The summed E-state index contributed by atoms with van der Waals surface area (Å²) in [4.78, 5) is 0. The van der Waals surface area contributed by atoms with E-state index in [9.17, 15) is 0 Å². The van der Waals surface area contributed by atoms with E-state index in [-0.39, 0.29) is 0 Å². The average molecular weight is 277 g/mol. The van der Waals surface area contributed by atoms with Gasteiger partial charge in [0.15, 0.2) is 5.11 Å². The molecule has 2 atom stereocenters. The predicted molar refractivity (Wildman–Crippen MR) is 85.1 cm³/mol. The second-order valence-electron chi connectivity index (χ2n) is 5.47. The van der Waals surface area contributed by atoms with E-state index in [0.29, 0.717) is 17.2 Å². The molecule has 0 amide bonds. The van der Waals surface area contributed by atoms with Crippen LogP contribution in [0.5, 0.6) is 0 Å². The third kappa shape index (κ3) is 3.91. The fourth-order valence-corrected chi connectivity index (χ4v) is 2.86. The van der Waals surface area contributed by atoms with Crippen LogP contribution in [0.3, 0.4) is 0 Å². The van der Waals surface area contributed by atoms with Crippen LogP contribution >= 0.6 is 12.2 Å². The maximum atomic E-state index is 5.40. The van der Waals surface area contributed by atoms with Crippen molar-refractivity contribution in [3.05, 3.63) is 29.8 Å². The highest BCUT2D eigenvalue weighted by molar-refractivity contribution is 7.80. The molecule has 1 aliphatic rings. The van der Waals surface area contributed by atoms with Crippen molar-refractivity contribution in [2.75, 3.05) is 5.32 Å². The molecule has 1 aromatic carbocycles. The minimum atomic E-state index is 0.529. The maximum absolute atomic E-state index is 5.40. The van der Waals surface area contributed by atoms with E-state index in [1.807, 2.05) is 12.1 Å². The Kier molecular flexibility index (Phi) is 4.77. The summed E-state index contributed by atoms with van der Waals surface area (Å²) < 4.78 is 0. The first-order valence-corrected chi connectivity index (χ1v) is 7.39. The molecule has 0 radical (unpaired) electrons. The molecule has 2 rings (SSSR count). The van der Waals surface area contributed by atoms with Gasteiger partial charge in [0.05, 0.1) is 0 Å². The molecule has 1 saturated heterocycles. The standard InChI is InChI=1S/C15H23N3S/c1-11-6-4-9-14(10-11)16-15(19)17-18-12(2)7-5-8-13(18)3/h4,6,9-10,12-13H,5,7-8H2,1-3H3,(H2,16,17,19)/t12-,13-/m0/s1. The van der Waals surface area contributed by atoms with E-state index in [1.54, 1.807) is 0 Å². The molecule has 19 heavy (non-hydrogen) atoms. The SMILES string of the molecule is Cc1cccc(NC(=S)NN2[C@@H](C)CCC[C@@H]2C)c1. The summed E-state index contributed by atoms with van der Waals surface area (Å²) >= 11 is 5.40. The third-order valence-corrected chi connectivity index (χ3v) is 3.89. The molecule has 0 saturated carbocycles. The Morgan fingerprint density at radius 2 is 1.95 bits per heavy atom. The zero-order chi connectivity index (χ0) is 13.8. The van der Waals surface area contributed by atoms with E-state index in [2.05, 4.69) is 48.7 Å². The highest BCUT2D eigenvalue weighted by Crippen LogP contribution is 2.20. The summed E-state index contributed by atoms with van der Waals surface area (Å²) in [6.07, 6.45) is 3.76. The topological polar surface area (TPSA) is 27.3 Å². The lowest BCUT2D eigenvalue weighted by Gasteiger charge is -2.39. The van der Waals surface area contributed by atoms with E-state index in [4.69, 9.17) is 12.2 Å². The zero-order valence-corrected chi connectivity index (χ0v) is 12.8. The molecule has 0 aromatic heterocycles. The summed E-state index contributed by atoms with van der Waals surface area (Å²) in [7, 11) is 0. The molecule has 1 aliphatic heterocycles. The first-order valence-electron chi connectivity index (χ1n) is 6.99. The van der Waals surface area contributed by atoms with Gasteiger partial charge in [-0.1, -0.05) is 18.6 Å². The number of hydrogen-bond donors (Lipinski definition) is 2. The first kappa shape index (κ1) is 14.3. The highest BCUT2D eigenvalue weighted by atomic mass is 32.1. The summed E-state index contributed by atoms with van der Waals surface area (Å²) in [5, 5.41) is 6.19. The minimum Gasteiger partial charge on any atom is -0.332 e. The van der Waals surface area contributed by atoms with Crippen molar-refractivity contribution in [2.24, 2.45) is 0 Å². The molecule has 1 fully saturated rings. The van der Waals surface area contributed by atoms with Crippen molar-refractivity contribution in [3.8, 4) is 0 Å². The lowest BCUT2D eigenvalue weighted by atomic mass is 10.00. The molecule has 3 nitrogen and oxygen atoms in total. The summed E-state index contributed by atoms with van der Waals surface area (Å²) in [5.74, 6) is 0. The lowest BCUT2D eigenvalue weighted by Crippen LogP contribution is -2.55. The minimum absolute atomic E-state index is 0.529. The molecule has 2 N–H and O–H groups in total. The molecule has 0 spiro atoms. The van der Waals surface area contributed by atoms with Crippen LogP contribution < -0.4 is 10.7 Å². The molecule has 1 heterocycles. The van der Waals surface area contributed by atoms with Gasteiger partial charge in [0, 0.05) is 17.8 Å². The fraction of sp³-hybridized carbons (Fsp3) is 0.533. The molecule has 104 valence electrons. The molecule has 0 aliphatic carbocycles. The number of hydrogen-bond acceptors (Lipinski definition) is 2. The number of piperidine rings is 1. The van der Waals surface area contributed by atoms with Crippen molar-refractivity contribution in [3.63, 3.8) is 0 Å². The van der Waals surface area contributed by atoms with Crippen molar-refractivity contribution in [1.82, 2.24) is 10.4 Å². The number of benzene rings is 1. The van der Waals surface area contributed by atoms with E-state index >= 15 is 0 Å². The molecule has 4 heteroatoms. The largest absolute Gasteiger partial charge is 0.332 e. The Labute approximate surface area is 121 Å². The number of rotatable bonds is 2. The zero-order valence-electron chi connectivity index (χ0n) is 11.9. The predicted octanol–water partition coefficient (Wildman–Crippen LogP) is 3.46. The van der Waals surface area contributed by atoms with E-state index in [0.717, 1.165) is 5.69 Å². The molecule has 0 bridgehead atoms. The van der Waals surface area contributed by atoms with Crippen LogP contribution in [0.15, 0.2) is 24.3 Å². The lowest BCUT2D eigenvalue weighted by molar-refractivity contribution is 0.0750. The molecule has 0 unspecified atom stereocenters. The van der Waals surface area contributed by atoms with Gasteiger partial charge in [-0.25, -0.2) is 5.01 Å². The first-order chi connectivity index (χ1) is 9.06. The third-order valence-electron chi connectivity index (χ3n) is 3.70. The smallest absolute Gasteiger partial charge is 0.185 e. The van der Waals surface area contributed by atoms with Gasteiger partial charge in [-0.3, -0.25) is 5.43 Å². The Morgan fingerprint density at radius 3 is 2.58 bits per heavy atom. The van der Waals surface area contributed by atoms with Crippen LogP contribution in [-0.2, 0) is 0 Å². The summed E-state index contributed by atoms with van der Waals surface area (Å²) in [6, 6.07) is 9.30. The van der Waals surface area contributed by atoms with Crippen LogP contribution in [0.4, 0.5) is 5.69 Å². The number of aryl methyl sites for hydroxylation is 1. The van der Waals surface area contributed by atoms with Crippen molar-refractivity contribution in [2.45, 2.75) is 52.1 Å². The number of nitrogens with one attached hydrogen (secondary N) is 2. The molecular formula is C15H23N3S. The number of thiocarbonyl (C=S) groups is 1. The Morgan fingerprint density at radius 1 is 1.26 bits per heavy atom. The van der Waals surface area contributed by atoms with E-state index < -0.39 is 0 Å². The van der Waals surface area contributed by atoms with Gasteiger partial charge in [-0.2, -0.15) is 0 Å². The molecular weight excluding hydrogens is 254 g/mol. The van der Waals surface area contributed by atoms with Crippen LogP contribution in [-0.4, -0.2) is 22.2 Å². The van der Waals surface area contributed by atoms with Crippen LogP contribution in [0.25, 0.3) is 0 Å². The molecule has 1 aromatic rings. The van der Waals surface area contributed by atoms with Gasteiger partial charge < -0.3 is 5.32 Å².